The molecule has 1 aromatic carbocycles. The lowest BCUT2D eigenvalue weighted by atomic mass is 10.2. The summed E-state index contributed by atoms with van der Waals surface area (Å²) in [5.74, 6) is 1.31. The van der Waals surface area contributed by atoms with E-state index in [9.17, 15) is 4.79 Å². The SMILES string of the molecule is CSNC(=O)N/N=C(\CCN(C)C)c1ccc(-c2cccc(Cl)c2)o1. The molecule has 2 rings (SSSR count). The van der Waals surface area contributed by atoms with E-state index in [1.54, 1.807) is 6.26 Å². The van der Waals surface area contributed by atoms with Gasteiger partial charge in [-0.15, -0.1) is 0 Å². The molecule has 2 amide bonds. The van der Waals surface area contributed by atoms with Crippen LogP contribution in [0.3, 0.4) is 0 Å². The average Bonchev–Trinajstić information content (AvgIpc) is 3.05. The van der Waals surface area contributed by atoms with Crippen LogP contribution in [0.2, 0.25) is 5.02 Å². The molecule has 2 N–H and O–H groups in total. The molecule has 0 radical (unpaired) electrons. The van der Waals surface area contributed by atoms with Crippen LogP contribution >= 0.6 is 23.5 Å². The Morgan fingerprint density at radius 3 is 2.80 bits per heavy atom. The van der Waals surface area contributed by atoms with Crippen molar-refractivity contribution in [2.75, 3.05) is 26.9 Å². The minimum absolute atomic E-state index is 0.378. The molecule has 0 saturated heterocycles. The van der Waals surface area contributed by atoms with Crippen LogP contribution in [0.1, 0.15) is 12.2 Å². The number of urea groups is 1. The van der Waals surface area contributed by atoms with E-state index in [1.165, 1.54) is 11.9 Å². The molecule has 0 aliphatic carbocycles. The van der Waals surface area contributed by atoms with E-state index in [-0.39, 0.29) is 6.03 Å². The molecule has 25 heavy (non-hydrogen) atoms. The van der Waals surface area contributed by atoms with Crippen LogP contribution in [0.25, 0.3) is 11.3 Å². The van der Waals surface area contributed by atoms with E-state index in [0.29, 0.717) is 28.7 Å². The van der Waals surface area contributed by atoms with Crippen molar-refractivity contribution in [1.29, 1.82) is 0 Å². The molecule has 2 aromatic rings. The van der Waals surface area contributed by atoms with Gasteiger partial charge in [0.2, 0.25) is 0 Å². The Kier molecular flexibility index (Phi) is 7.36. The van der Waals surface area contributed by atoms with Crippen LogP contribution in [0.4, 0.5) is 4.79 Å². The predicted molar refractivity (Wildman–Crippen MR) is 104 cm³/mol. The standard InChI is InChI=1S/C17H21ClN4O2S/c1-22(2)10-9-14(19-20-17(23)21-25-3)16-8-7-15(24-16)12-5-4-6-13(18)11-12/h4-8,11H,9-10H2,1-3H3,(H2,20,21,23)/b19-14+. The molecule has 0 bridgehead atoms. The van der Waals surface area contributed by atoms with Crippen LogP contribution in [-0.4, -0.2) is 43.5 Å². The number of halogens is 1. The highest BCUT2D eigenvalue weighted by Crippen LogP contribution is 2.25. The van der Waals surface area contributed by atoms with Crippen molar-refractivity contribution >= 4 is 35.3 Å². The molecule has 134 valence electrons. The van der Waals surface area contributed by atoms with Crippen molar-refractivity contribution in [3.63, 3.8) is 0 Å². The first-order valence-electron chi connectivity index (χ1n) is 7.66. The predicted octanol–water partition coefficient (Wildman–Crippen LogP) is 3.83. The second kappa shape index (κ2) is 9.50. The third kappa shape index (κ3) is 6.12. The molecular formula is C17H21ClN4O2S. The number of nitrogens with zero attached hydrogens (tertiary/aromatic N) is 2. The number of hydrazone groups is 1. The number of hydrogen-bond donors (Lipinski definition) is 2. The lowest BCUT2D eigenvalue weighted by molar-refractivity contribution is 0.247. The van der Waals surface area contributed by atoms with Crippen molar-refractivity contribution in [2.45, 2.75) is 6.42 Å². The van der Waals surface area contributed by atoms with Crippen molar-refractivity contribution in [2.24, 2.45) is 5.10 Å². The van der Waals surface area contributed by atoms with E-state index >= 15 is 0 Å². The summed E-state index contributed by atoms with van der Waals surface area (Å²) in [5, 5.41) is 4.85. The van der Waals surface area contributed by atoms with Crippen molar-refractivity contribution in [3.05, 3.63) is 47.2 Å². The average molecular weight is 381 g/mol. The molecule has 8 heteroatoms. The number of carbonyl (C=O) groups excluding carboxylic acids is 1. The summed E-state index contributed by atoms with van der Waals surface area (Å²) < 4.78 is 8.48. The summed E-state index contributed by atoms with van der Waals surface area (Å²) >= 11 is 7.24. The maximum Gasteiger partial charge on any atom is 0.345 e. The van der Waals surface area contributed by atoms with Gasteiger partial charge in [0.25, 0.3) is 0 Å². The van der Waals surface area contributed by atoms with E-state index in [1.807, 2.05) is 55.4 Å². The normalized spacial score (nSPS) is 11.6. The van der Waals surface area contributed by atoms with Gasteiger partial charge in [-0.05, 0) is 38.4 Å². The maximum atomic E-state index is 11.6. The molecule has 0 saturated carbocycles. The van der Waals surface area contributed by atoms with Crippen LogP contribution in [0, 0.1) is 0 Å². The molecule has 0 aliphatic rings. The minimum Gasteiger partial charge on any atom is -0.455 e. The molecule has 0 fully saturated rings. The third-order valence-electron chi connectivity index (χ3n) is 3.28. The Morgan fingerprint density at radius 2 is 2.12 bits per heavy atom. The molecule has 0 spiro atoms. The summed E-state index contributed by atoms with van der Waals surface area (Å²) in [6.07, 6.45) is 2.40. The highest BCUT2D eigenvalue weighted by Gasteiger charge is 2.12. The van der Waals surface area contributed by atoms with Gasteiger partial charge in [0, 0.05) is 29.8 Å². The quantitative estimate of drug-likeness (QED) is 0.435. The fourth-order valence-corrected chi connectivity index (χ4v) is 2.51. The zero-order chi connectivity index (χ0) is 18.2. The Labute approximate surface area is 156 Å². The molecule has 6 nitrogen and oxygen atoms in total. The fraction of sp³-hybridized carbons (Fsp3) is 0.294. The lowest BCUT2D eigenvalue weighted by Crippen LogP contribution is -2.28. The number of hydrogen-bond acceptors (Lipinski definition) is 5. The molecule has 1 aromatic heterocycles. The Bertz CT molecular complexity index is 746. The van der Waals surface area contributed by atoms with E-state index in [0.717, 1.165) is 12.1 Å². The Morgan fingerprint density at radius 1 is 1.32 bits per heavy atom. The van der Waals surface area contributed by atoms with Crippen LogP contribution in [0.15, 0.2) is 45.9 Å². The fourth-order valence-electron chi connectivity index (χ4n) is 2.09. The zero-order valence-electron chi connectivity index (χ0n) is 14.4. The Balaban J connectivity index is 2.21. The second-order valence-corrected chi connectivity index (χ2v) is 6.58. The molecular weight excluding hydrogens is 360 g/mol. The summed E-state index contributed by atoms with van der Waals surface area (Å²) in [7, 11) is 3.95. The number of benzene rings is 1. The highest BCUT2D eigenvalue weighted by molar-refractivity contribution is 7.97. The summed E-state index contributed by atoms with van der Waals surface area (Å²) in [6, 6.07) is 10.8. The lowest BCUT2D eigenvalue weighted by Gasteiger charge is -2.10. The Hall–Kier alpha value is -1.96. The van der Waals surface area contributed by atoms with Gasteiger partial charge >= 0.3 is 6.03 Å². The largest absolute Gasteiger partial charge is 0.455 e. The smallest absolute Gasteiger partial charge is 0.345 e. The summed E-state index contributed by atoms with van der Waals surface area (Å²) in [6.45, 7) is 0.776. The van der Waals surface area contributed by atoms with Crippen LogP contribution < -0.4 is 10.1 Å². The third-order valence-corrected chi connectivity index (χ3v) is 3.91. The van der Waals surface area contributed by atoms with Gasteiger partial charge in [0.15, 0.2) is 5.76 Å². The highest BCUT2D eigenvalue weighted by atomic mass is 35.5. The van der Waals surface area contributed by atoms with E-state index < -0.39 is 0 Å². The summed E-state index contributed by atoms with van der Waals surface area (Å²) in [4.78, 5) is 13.6. The van der Waals surface area contributed by atoms with Crippen molar-refractivity contribution < 1.29 is 9.21 Å². The van der Waals surface area contributed by atoms with Gasteiger partial charge in [-0.1, -0.05) is 35.7 Å². The first-order valence-corrected chi connectivity index (χ1v) is 9.26. The monoisotopic (exact) mass is 380 g/mol. The van der Waals surface area contributed by atoms with Gasteiger partial charge < -0.3 is 9.32 Å². The summed E-state index contributed by atoms with van der Waals surface area (Å²) in [5.41, 5.74) is 4.03. The second-order valence-electron chi connectivity index (χ2n) is 5.53. The molecule has 0 unspecified atom stereocenters. The van der Waals surface area contributed by atoms with Gasteiger partial charge in [-0.3, -0.25) is 4.72 Å². The van der Waals surface area contributed by atoms with Gasteiger partial charge in [-0.25, -0.2) is 10.2 Å². The van der Waals surface area contributed by atoms with Crippen molar-refractivity contribution in [3.8, 4) is 11.3 Å². The van der Waals surface area contributed by atoms with E-state index in [4.69, 9.17) is 16.0 Å². The number of rotatable bonds is 7. The van der Waals surface area contributed by atoms with Crippen LogP contribution in [0.5, 0.6) is 0 Å². The van der Waals surface area contributed by atoms with Crippen molar-refractivity contribution in [1.82, 2.24) is 15.0 Å². The minimum atomic E-state index is -0.378. The van der Waals surface area contributed by atoms with Gasteiger partial charge in [-0.2, -0.15) is 5.10 Å². The number of furan rings is 1. The number of carbonyl (C=O) groups is 1. The molecule has 0 atom stereocenters. The molecule has 0 aliphatic heterocycles. The zero-order valence-corrected chi connectivity index (χ0v) is 15.9. The number of nitrogens with one attached hydrogen (secondary N) is 2. The first kappa shape index (κ1) is 19.4. The van der Waals surface area contributed by atoms with Crippen LogP contribution in [-0.2, 0) is 0 Å². The van der Waals surface area contributed by atoms with Gasteiger partial charge in [0.1, 0.15) is 11.5 Å². The number of amides is 2. The topological polar surface area (TPSA) is 69.9 Å². The van der Waals surface area contributed by atoms with E-state index in [2.05, 4.69) is 15.2 Å². The maximum absolute atomic E-state index is 11.6. The first-order chi connectivity index (χ1) is 12.0. The van der Waals surface area contributed by atoms with Gasteiger partial charge in [0.05, 0.1) is 0 Å². The molecule has 1 heterocycles.